The van der Waals surface area contributed by atoms with E-state index < -0.39 is 11.6 Å². The summed E-state index contributed by atoms with van der Waals surface area (Å²) in [5, 5.41) is 19.1. The van der Waals surface area contributed by atoms with E-state index in [9.17, 15) is 9.90 Å². The lowest BCUT2D eigenvalue weighted by molar-refractivity contribution is 0.0435. The summed E-state index contributed by atoms with van der Waals surface area (Å²) in [6.45, 7) is 3.03. The first kappa shape index (κ1) is 12.9. The second kappa shape index (κ2) is 4.49. The van der Waals surface area contributed by atoms with E-state index in [1.807, 2.05) is 4.90 Å². The van der Waals surface area contributed by atoms with Gasteiger partial charge in [0, 0.05) is 6.54 Å². The number of oxazole rings is 1. The second-order valence-corrected chi connectivity index (χ2v) is 5.51. The molecule has 3 rings (SSSR count). The molecule has 0 saturated carbocycles. The minimum Gasteiger partial charge on any atom is -0.478 e. The van der Waals surface area contributed by atoms with Gasteiger partial charge in [-0.15, -0.1) is 0 Å². The Morgan fingerprint density at radius 1 is 1.50 bits per heavy atom. The van der Waals surface area contributed by atoms with Crippen LogP contribution in [0.2, 0.25) is 0 Å². The smallest absolute Gasteiger partial charge is 0.335 e. The van der Waals surface area contributed by atoms with Crippen LogP contribution in [-0.4, -0.2) is 39.9 Å². The Labute approximate surface area is 115 Å². The Bertz CT molecular complexity index is 662. The number of piperidine rings is 1. The van der Waals surface area contributed by atoms with Crippen LogP contribution in [0.4, 0.5) is 6.01 Å². The molecule has 1 unspecified atom stereocenters. The number of benzene rings is 1. The molecule has 2 heterocycles. The molecule has 0 radical (unpaired) electrons. The van der Waals surface area contributed by atoms with Crippen LogP contribution in [0.3, 0.4) is 0 Å². The highest BCUT2D eigenvalue weighted by atomic mass is 16.4. The van der Waals surface area contributed by atoms with E-state index in [-0.39, 0.29) is 5.56 Å². The number of β-amino-alcohol motifs (C(OH)–C–C–N with tert-alkyl or cyclic N) is 1. The summed E-state index contributed by atoms with van der Waals surface area (Å²) >= 11 is 0. The maximum absolute atomic E-state index is 10.9. The summed E-state index contributed by atoms with van der Waals surface area (Å²) in [7, 11) is 0. The van der Waals surface area contributed by atoms with Crippen molar-refractivity contribution >= 4 is 23.1 Å². The first-order valence-electron chi connectivity index (χ1n) is 6.56. The van der Waals surface area contributed by atoms with Gasteiger partial charge in [0.1, 0.15) is 5.52 Å². The van der Waals surface area contributed by atoms with Gasteiger partial charge in [-0.25, -0.2) is 4.79 Å². The second-order valence-electron chi connectivity index (χ2n) is 5.51. The van der Waals surface area contributed by atoms with Crippen LogP contribution in [0.25, 0.3) is 11.1 Å². The van der Waals surface area contributed by atoms with Crippen molar-refractivity contribution in [3.05, 3.63) is 23.8 Å². The highest BCUT2D eigenvalue weighted by Gasteiger charge is 2.30. The fourth-order valence-electron chi connectivity index (χ4n) is 2.56. The number of carboxylic acid groups (broad SMARTS) is 1. The van der Waals surface area contributed by atoms with Crippen molar-refractivity contribution in [1.82, 2.24) is 4.98 Å². The third-order valence-corrected chi connectivity index (χ3v) is 3.57. The Hall–Kier alpha value is -2.08. The summed E-state index contributed by atoms with van der Waals surface area (Å²) in [5.74, 6) is -0.995. The Morgan fingerprint density at radius 3 is 3.00 bits per heavy atom. The fourth-order valence-corrected chi connectivity index (χ4v) is 2.56. The van der Waals surface area contributed by atoms with Crippen molar-refractivity contribution in [1.29, 1.82) is 0 Å². The Morgan fingerprint density at radius 2 is 2.30 bits per heavy atom. The van der Waals surface area contributed by atoms with E-state index in [0.717, 1.165) is 19.4 Å². The van der Waals surface area contributed by atoms with Crippen LogP contribution in [-0.2, 0) is 0 Å². The van der Waals surface area contributed by atoms with Crippen LogP contribution >= 0.6 is 0 Å². The zero-order valence-corrected chi connectivity index (χ0v) is 11.2. The predicted molar refractivity (Wildman–Crippen MR) is 73.0 cm³/mol. The number of aromatic carboxylic acids is 1. The van der Waals surface area contributed by atoms with Crippen molar-refractivity contribution < 1.29 is 19.4 Å². The number of nitrogens with zero attached hydrogens (tertiary/aromatic N) is 2. The number of hydrogen-bond acceptors (Lipinski definition) is 5. The molecule has 1 aromatic carbocycles. The van der Waals surface area contributed by atoms with Gasteiger partial charge in [0.15, 0.2) is 5.58 Å². The molecule has 1 saturated heterocycles. The molecule has 6 heteroatoms. The molecular weight excluding hydrogens is 260 g/mol. The normalized spacial score (nSPS) is 23.2. The molecule has 1 aromatic heterocycles. The number of anilines is 1. The van der Waals surface area contributed by atoms with Gasteiger partial charge in [0.2, 0.25) is 0 Å². The van der Waals surface area contributed by atoms with E-state index >= 15 is 0 Å². The number of carbonyl (C=O) groups is 1. The highest BCUT2D eigenvalue weighted by molar-refractivity contribution is 5.92. The summed E-state index contributed by atoms with van der Waals surface area (Å²) < 4.78 is 5.63. The zero-order chi connectivity index (χ0) is 14.3. The van der Waals surface area contributed by atoms with Crippen molar-refractivity contribution in [3.63, 3.8) is 0 Å². The zero-order valence-electron chi connectivity index (χ0n) is 11.2. The van der Waals surface area contributed by atoms with E-state index in [1.165, 1.54) is 12.1 Å². The average molecular weight is 276 g/mol. The molecule has 106 valence electrons. The van der Waals surface area contributed by atoms with Gasteiger partial charge in [-0.2, -0.15) is 4.98 Å². The van der Waals surface area contributed by atoms with Crippen LogP contribution in [0.1, 0.15) is 30.1 Å². The summed E-state index contributed by atoms with van der Waals surface area (Å²) in [5.41, 5.74) is 0.497. The molecule has 1 aliphatic rings. The van der Waals surface area contributed by atoms with E-state index in [0.29, 0.717) is 23.7 Å². The number of fused-ring (bicyclic) bond motifs is 1. The van der Waals surface area contributed by atoms with Crippen molar-refractivity contribution in [3.8, 4) is 0 Å². The van der Waals surface area contributed by atoms with Crippen molar-refractivity contribution in [2.24, 2.45) is 0 Å². The highest BCUT2D eigenvalue weighted by Crippen LogP contribution is 2.28. The van der Waals surface area contributed by atoms with E-state index in [4.69, 9.17) is 9.52 Å². The predicted octanol–water partition coefficient (Wildman–Crippen LogP) is 1.88. The van der Waals surface area contributed by atoms with E-state index in [1.54, 1.807) is 13.0 Å². The van der Waals surface area contributed by atoms with E-state index in [2.05, 4.69) is 4.98 Å². The van der Waals surface area contributed by atoms with Gasteiger partial charge in [0.25, 0.3) is 6.01 Å². The first-order valence-corrected chi connectivity index (χ1v) is 6.56. The quantitative estimate of drug-likeness (QED) is 0.870. The molecule has 1 aliphatic heterocycles. The molecular formula is C14H16N2O4. The molecule has 2 N–H and O–H groups in total. The molecule has 0 bridgehead atoms. The third kappa shape index (κ3) is 2.34. The molecule has 0 aliphatic carbocycles. The van der Waals surface area contributed by atoms with Crippen LogP contribution in [0.5, 0.6) is 0 Å². The summed E-state index contributed by atoms with van der Waals surface area (Å²) in [4.78, 5) is 17.2. The van der Waals surface area contributed by atoms with Gasteiger partial charge in [-0.1, -0.05) is 0 Å². The van der Waals surface area contributed by atoms with Gasteiger partial charge >= 0.3 is 5.97 Å². The van der Waals surface area contributed by atoms with Gasteiger partial charge in [-0.3, -0.25) is 0 Å². The Kier molecular flexibility index (Phi) is 2.90. The first-order chi connectivity index (χ1) is 9.44. The van der Waals surface area contributed by atoms with Gasteiger partial charge < -0.3 is 19.5 Å². The minimum atomic E-state index is -0.995. The summed E-state index contributed by atoms with van der Waals surface area (Å²) in [6.07, 6.45) is 1.62. The number of aliphatic hydroxyl groups is 1. The van der Waals surface area contributed by atoms with Gasteiger partial charge in [0.05, 0.1) is 17.7 Å². The number of aromatic nitrogens is 1. The van der Waals surface area contributed by atoms with Crippen LogP contribution in [0, 0.1) is 0 Å². The lowest BCUT2D eigenvalue weighted by atomic mass is 9.96. The lowest BCUT2D eigenvalue weighted by Gasteiger charge is -2.35. The summed E-state index contributed by atoms with van der Waals surface area (Å²) in [6, 6.07) is 5.04. The maximum atomic E-state index is 10.9. The molecule has 6 nitrogen and oxygen atoms in total. The van der Waals surface area contributed by atoms with Crippen molar-refractivity contribution in [2.45, 2.75) is 25.4 Å². The lowest BCUT2D eigenvalue weighted by Crippen LogP contribution is -2.46. The fraction of sp³-hybridized carbons (Fsp3) is 0.429. The van der Waals surface area contributed by atoms with Crippen molar-refractivity contribution in [2.75, 3.05) is 18.0 Å². The maximum Gasteiger partial charge on any atom is 0.335 e. The van der Waals surface area contributed by atoms with Crippen LogP contribution in [0.15, 0.2) is 22.6 Å². The monoisotopic (exact) mass is 276 g/mol. The average Bonchev–Trinajstić information content (AvgIpc) is 2.80. The number of carboxylic acids is 1. The third-order valence-electron chi connectivity index (χ3n) is 3.57. The van der Waals surface area contributed by atoms with Gasteiger partial charge in [-0.05, 0) is 38.0 Å². The largest absolute Gasteiger partial charge is 0.478 e. The number of hydrogen-bond donors (Lipinski definition) is 2. The molecule has 2 aromatic rings. The molecule has 1 fully saturated rings. The SMILES string of the molecule is CC1(O)CCCN(c2nc3ccc(C(=O)O)cc3o2)C1. The topological polar surface area (TPSA) is 86.8 Å². The Balaban J connectivity index is 1.94. The molecule has 0 amide bonds. The standard InChI is InChI=1S/C14H16N2O4/c1-14(19)5-2-6-16(8-14)13-15-10-4-3-9(12(17)18)7-11(10)20-13/h3-4,7,19H,2,5-6,8H2,1H3,(H,17,18). The number of rotatable bonds is 2. The molecule has 20 heavy (non-hydrogen) atoms. The van der Waals surface area contributed by atoms with Crippen LogP contribution < -0.4 is 4.90 Å². The minimum absolute atomic E-state index is 0.172. The molecule has 0 spiro atoms. The molecule has 1 atom stereocenters.